The molecule has 0 saturated heterocycles. The highest BCUT2D eigenvalue weighted by Gasteiger charge is 2.23. The number of hydrogen-bond acceptors (Lipinski definition) is 7. The number of hydrogen-bond donors (Lipinski definition) is 2. The summed E-state index contributed by atoms with van der Waals surface area (Å²) in [6.07, 6.45) is 0. The molecule has 2 N–H and O–H groups in total. The Kier molecular flexibility index (Phi) is 9.21. The highest BCUT2D eigenvalue weighted by atomic mass is 32.2. The number of halogens is 1. The van der Waals surface area contributed by atoms with E-state index in [0.29, 0.717) is 29.0 Å². The second-order valence-electron chi connectivity index (χ2n) is 7.80. The lowest BCUT2D eigenvalue weighted by Crippen LogP contribution is -2.24. The third kappa shape index (κ3) is 7.27. The number of para-hydroxylation sites is 1. The summed E-state index contributed by atoms with van der Waals surface area (Å²) in [6.45, 7) is 5.52. The number of carbonyl (C=O) groups excluding carboxylic acids is 2. The molecule has 1 heterocycles. The summed E-state index contributed by atoms with van der Waals surface area (Å²) in [5.41, 5.74) is 1.24. The largest absolute Gasteiger partial charge is 0.483 e. The van der Waals surface area contributed by atoms with Crippen LogP contribution in [0, 0.1) is 5.82 Å². The van der Waals surface area contributed by atoms with E-state index in [1.807, 2.05) is 11.5 Å². The summed E-state index contributed by atoms with van der Waals surface area (Å²) >= 11 is 1.24. The number of nitrogens with one attached hydrogen (secondary N) is 2. The standard InChI is InChI=1S/C24H28FN5O4S/c1-15(13-33-4)30-22(14-34-21-8-6-5-7-20(21)25)28-29-24(30)35-16(2)23(32)27-19-11-9-18(10-12-19)26-17(3)31/h5-12,15-16H,13-14H2,1-4H3,(H,26,31)(H,27,32)/t15-,16+/m0/s1. The smallest absolute Gasteiger partial charge is 0.237 e. The molecular weight excluding hydrogens is 473 g/mol. The van der Waals surface area contributed by atoms with Gasteiger partial charge < -0.3 is 20.1 Å². The number of anilines is 2. The van der Waals surface area contributed by atoms with Gasteiger partial charge in [-0.1, -0.05) is 23.9 Å². The van der Waals surface area contributed by atoms with Crippen LogP contribution in [0.3, 0.4) is 0 Å². The zero-order chi connectivity index (χ0) is 25.4. The Morgan fingerprint density at radius 1 is 1.06 bits per heavy atom. The number of ether oxygens (including phenoxy) is 2. The number of thioether (sulfide) groups is 1. The van der Waals surface area contributed by atoms with Crippen molar-refractivity contribution in [3.8, 4) is 5.75 Å². The van der Waals surface area contributed by atoms with Crippen LogP contribution in [0.2, 0.25) is 0 Å². The third-order valence-corrected chi connectivity index (χ3v) is 5.96. The van der Waals surface area contributed by atoms with Crippen LogP contribution in [-0.4, -0.2) is 45.5 Å². The van der Waals surface area contributed by atoms with Crippen molar-refractivity contribution in [3.05, 3.63) is 60.2 Å². The SMILES string of the molecule is COC[C@H](C)n1c(COc2ccccc2F)nnc1S[C@H](C)C(=O)Nc1ccc(NC(C)=O)cc1. The van der Waals surface area contributed by atoms with Crippen LogP contribution in [0.5, 0.6) is 5.75 Å². The molecule has 0 radical (unpaired) electrons. The van der Waals surface area contributed by atoms with Crippen molar-refractivity contribution in [1.29, 1.82) is 0 Å². The summed E-state index contributed by atoms with van der Waals surface area (Å²) in [6, 6.07) is 12.8. The van der Waals surface area contributed by atoms with Gasteiger partial charge in [0.05, 0.1) is 17.9 Å². The van der Waals surface area contributed by atoms with Crippen molar-refractivity contribution in [2.45, 2.75) is 43.8 Å². The van der Waals surface area contributed by atoms with Crippen molar-refractivity contribution in [1.82, 2.24) is 14.8 Å². The lowest BCUT2D eigenvalue weighted by molar-refractivity contribution is -0.115. The highest BCUT2D eigenvalue weighted by Crippen LogP contribution is 2.28. The number of amides is 2. The van der Waals surface area contributed by atoms with Gasteiger partial charge in [0.1, 0.15) is 6.61 Å². The molecule has 186 valence electrons. The van der Waals surface area contributed by atoms with E-state index in [1.165, 1.54) is 24.8 Å². The van der Waals surface area contributed by atoms with E-state index in [1.54, 1.807) is 56.5 Å². The average molecular weight is 502 g/mol. The Labute approximate surface area is 207 Å². The van der Waals surface area contributed by atoms with Gasteiger partial charge >= 0.3 is 0 Å². The van der Waals surface area contributed by atoms with Crippen LogP contribution in [0.25, 0.3) is 0 Å². The van der Waals surface area contributed by atoms with Crippen molar-refractivity contribution in [3.63, 3.8) is 0 Å². The van der Waals surface area contributed by atoms with Crippen LogP contribution in [-0.2, 0) is 20.9 Å². The van der Waals surface area contributed by atoms with E-state index in [9.17, 15) is 14.0 Å². The molecule has 2 amide bonds. The predicted molar refractivity (Wildman–Crippen MR) is 132 cm³/mol. The van der Waals surface area contributed by atoms with Gasteiger partial charge in [-0.3, -0.25) is 14.2 Å². The topological polar surface area (TPSA) is 107 Å². The molecule has 0 aliphatic carbocycles. The molecule has 3 rings (SSSR count). The van der Waals surface area contributed by atoms with Gasteiger partial charge in [0.25, 0.3) is 0 Å². The maximum absolute atomic E-state index is 13.9. The molecule has 0 fully saturated rings. The monoisotopic (exact) mass is 501 g/mol. The van der Waals surface area contributed by atoms with E-state index >= 15 is 0 Å². The zero-order valence-corrected chi connectivity index (χ0v) is 20.8. The normalized spacial score (nSPS) is 12.6. The van der Waals surface area contributed by atoms with E-state index in [-0.39, 0.29) is 30.2 Å². The second-order valence-corrected chi connectivity index (χ2v) is 9.11. The van der Waals surface area contributed by atoms with Crippen molar-refractivity contribution < 1.29 is 23.5 Å². The minimum absolute atomic E-state index is 0.00374. The fourth-order valence-corrected chi connectivity index (χ4v) is 4.21. The van der Waals surface area contributed by atoms with E-state index in [4.69, 9.17) is 9.47 Å². The molecule has 11 heteroatoms. The number of rotatable bonds is 11. The van der Waals surface area contributed by atoms with Crippen LogP contribution >= 0.6 is 11.8 Å². The molecular formula is C24H28FN5O4S. The molecule has 0 saturated carbocycles. The summed E-state index contributed by atoms with van der Waals surface area (Å²) < 4.78 is 26.7. The van der Waals surface area contributed by atoms with Crippen LogP contribution in [0.15, 0.2) is 53.7 Å². The Morgan fingerprint density at radius 3 is 2.34 bits per heavy atom. The number of carbonyl (C=O) groups is 2. The van der Waals surface area contributed by atoms with E-state index in [0.717, 1.165) is 0 Å². The molecule has 2 atom stereocenters. The Hall–Kier alpha value is -3.44. The average Bonchev–Trinajstić information content (AvgIpc) is 3.22. The summed E-state index contributed by atoms with van der Waals surface area (Å²) in [4.78, 5) is 23.9. The fraction of sp³-hybridized carbons (Fsp3) is 0.333. The number of aromatic nitrogens is 3. The molecule has 1 aromatic heterocycles. The van der Waals surface area contributed by atoms with Gasteiger partial charge in [-0.2, -0.15) is 0 Å². The zero-order valence-electron chi connectivity index (χ0n) is 19.9. The van der Waals surface area contributed by atoms with E-state index in [2.05, 4.69) is 20.8 Å². The van der Waals surface area contributed by atoms with Crippen LogP contribution in [0.4, 0.5) is 15.8 Å². The molecule has 9 nitrogen and oxygen atoms in total. The first kappa shape index (κ1) is 26.2. The Bertz CT molecular complexity index is 1160. The Morgan fingerprint density at radius 2 is 1.71 bits per heavy atom. The van der Waals surface area contributed by atoms with E-state index < -0.39 is 11.1 Å². The molecule has 0 unspecified atom stereocenters. The first-order valence-corrected chi connectivity index (χ1v) is 11.8. The quantitative estimate of drug-likeness (QED) is 0.378. The number of benzene rings is 2. The molecule has 3 aromatic rings. The summed E-state index contributed by atoms with van der Waals surface area (Å²) in [5.74, 6) is -0.249. The minimum atomic E-state index is -0.497. The molecule has 0 aliphatic rings. The summed E-state index contributed by atoms with van der Waals surface area (Å²) in [7, 11) is 1.59. The fourth-order valence-electron chi connectivity index (χ4n) is 3.24. The first-order chi connectivity index (χ1) is 16.8. The number of nitrogens with zero attached hydrogens (tertiary/aromatic N) is 3. The van der Waals surface area contributed by atoms with Crippen LogP contribution in [0.1, 0.15) is 32.6 Å². The maximum atomic E-state index is 13.9. The van der Waals surface area contributed by atoms with Gasteiger partial charge in [0, 0.05) is 25.4 Å². The van der Waals surface area contributed by atoms with Gasteiger partial charge in [0.2, 0.25) is 11.8 Å². The lowest BCUT2D eigenvalue weighted by atomic mass is 10.2. The molecule has 2 aromatic carbocycles. The predicted octanol–water partition coefficient (Wildman–Crippen LogP) is 4.28. The second kappa shape index (κ2) is 12.3. The molecule has 0 bridgehead atoms. The lowest BCUT2D eigenvalue weighted by Gasteiger charge is -2.19. The van der Waals surface area contributed by atoms with Gasteiger partial charge in [0.15, 0.2) is 22.5 Å². The third-order valence-electron chi connectivity index (χ3n) is 4.90. The van der Waals surface area contributed by atoms with Crippen molar-refractivity contribution in [2.24, 2.45) is 0 Å². The molecule has 0 spiro atoms. The summed E-state index contributed by atoms with van der Waals surface area (Å²) in [5, 5.41) is 14.0. The van der Waals surface area contributed by atoms with Gasteiger partial charge in [-0.15, -0.1) is 10.2 Å². The van der Waals surface area contributed by atoms with Gasteiger partial charge in [-0.05, 0) is 50.2 Å². The Balaban J connectivity index is 1.70. The maximum Gasteiger partial charge on any atom is 0.237 e. The molecule has 35 heavy (non-hydrogen) atoms. The molecule has 0 aliphatic heterocycles. The van der Waals surface area contributed by atoms with Gasteiger partial charge in [-0.25, -0.2) is 4.39 Å². The first-order valence-electron chi connectivity index (χ1n) is 10.9. The number of methoxy groups -OCH3 is 1. The van der Waals surface area contributed by atoms with Crippen LogP contribution < -0.4 is 15.4 Å². The minimum Gasteiger partial charge on any atom is -0.483 e. The van der Waals surface area contributed by atoms with Crippen molar-refractivity contribution >= 4 is 35.0 Å². The van der Waals surface area contributed by atoms with Crippen molar-refractivity contribution in [2.75, 3.05) is 24.4 Å². The highest BCUT2D eigenvalue weighted by molar-refractivity contribution is 8.00.